The van der Waals surface area contributed by atoms with Crippen LogP contribution in [0.2, 0.25) is 0 Å². The van der Waals surface area contributed by atoms with Crippen LogP contribution in [0.5, 0.6) is 0 Å². The monoisotopic (exact) mass is 480 g/mol. The summed E-state index contributed by atoms with van der Waals surface area (Å²) < 4.78 is 29.9. The lowest BCUT2D eigenvalue weighted by atomic mass is 10.0. The highest BCUT2D eigenvalue weighted by Gasteiger charge is 2.35. The van der Waals surface area contributed by atoms with Gasteiger partial charge in [0.25, 0.3) is 10.0 Å². The molecule has 1 atom stereocenters. The van der Waals surface area contributed by atoms with Gasteiger partial charge in [0.05, 0.1) is 23.1 Å². The molecule has 1 aliphatic heterocycles. The summed E-state index contributed by atoms with van der Waals surface area (Å²) in [6.07, 6.45) is 1.03. The number of para-hydroxylation sites is 1. The molecule has 2 aromatic carbocycles. The van der Waals surface area contributed by atoms with Gasteiger partial charge < -0.3 is 5.32 Å². The zero-order chi connectivity index (χ0) is 24.5. The van der Waals surface area contributed by atoms with Crippen LogP contribution in [0, 0.1) is 13.8 Å². The van der Waals surface area contributed by atoms with Crippen molar-refractivity contribution in [1.29, 1.82) is 0 Å². The molecule has 0 fully saturated rings. The third-order valence-electron chi connectivity index (χ3n) is 6.11. The van der Waals surface area contributed by atoms with Crippen molar-refractivity contribution in [3.8, 4) is 0 Å². The van der Waals surface area contributed by atoms with Gasteiger partial charge in [-0.05, 0) is 50.8 Å². The van der Waals surface area contributed by atoms with E-state index in [1.54, 1.807) is 19.9 Å². The number of aryl methyl sites for hydroxylation is 1. The Morgan fingerprint density at radius 3 is 2.44 bits per heavy atom. The molecule has 0 radical (unpaired) electrons. The second-order valence-corrected chi connectivity index (χ2v) is 10.3. The van der Waals surface area contributed by atoms with E-state index in [1.165, 1.54) is 15.9 Å². The van der Waals surface area contributed by atoms with Gasteiger partial charge in [-0.15, -0.1) is 0 Å². The smallest absolute Gasteiger partial charge is 0.268 e. The van der Waals surface area contributed by atoms with Crippen LogP contribution in [0.15, 0.2) is 59.5 Å². The maximum atomic E-state index is 13.5. The molecule has 34 heavy (non-hydrogen) atoms. The number of fused-ring (bicyclic) bond motifs is 1. The van der Waals surface area contributed by atoms with Crippen molar-refractivity contribution in [2.75, 3.05) is 10.8 Å². The highest BCUT2D eigenvalue weighted by molar-refractivity contribution is 7.93. The molecule has 4 rings (SSSR count). The van der Waals surface area contributed by atoms with Crippen LogP contribution < -0.4 is 9.62 Å². The van der Waals surface area contributed by atoms with E-state index in [1.807, 2.05) is 48.5 Å². The Balaban J connectivity index is 1.53. The van der Waals surface area contributed by atoms with Gasteiger partial charge in [0.1, 0.15) is 11.4 Å². The largest absolute Gasteiger partial charge is 0.344 e. The number of carbonyl (C=O) groups is 2. The number of amides is 1. The summed E-state index contributed by atoms with van der Waals surface area (Å²) in [6, 6.07) is 16.2. The van der Waals surface area contributed by atoms with Crippen LogP contribution in [0.25, 0.3) is 0 Å². The van der Waals surface area contributed by atoms with Crippen molar-refractivity contribution in [2.45, 2.75) is 51.1 Å². The molecule has 1 aromatic heterocycles. The van der Waals surface area contributed by atoms with Crippen molar-refractivity contribution in [3.05, 3.63) is 77.1 Å². The third-order valence-corrected chi connectivity index (χ3v) is 8.18. The third kappa shape index (κ3) is 4.61. The summed E-state index contributed by atoms with van der Waals surface area (Å²) in [6.45, 7) is 4.90. The molecular weight excluding hydrogens is 452 g/mol. The van der Waals surface area contributed by atoms with Crippen molar-refractivity contribution < 1.29 is 18.0 Å². The summed E-state index contributed by atoms with van der Waals surface area (Å²) in [5, 5.41) is 7.11. The molecule has 0 aliphatic carbocycles. The first kappa shape index (κ1) is 23.7. The van der Waals surface area contributed by atoms with E-state index < -0.39 is 22.0 Å². The Morgan fingerprint density at radius 1 is 1.06 bits per heavy atom. The first-order chi connectivity index (χ1) is 16.2. The highest BCUT2D eigenvalue weighted by Crippen LogP contribution is 2.34. The number of hydrogen-bond donors (Lipinski definition) is 1. The van der Waals surface area contributed by atoms with E-state index in [0.717, 1.165) is 11.1 Å². The van der Waals surface area contributed by atoms with Crippen LogP contribution in [-0.4, -0.2) is 42.5 Å². The number of nitrogens with one attached hydrogen (secondary N) is 1. The molecule has 0 bridgehead atoms. The van der Waals surface area contributed by atoms with Gasteiger partial charge in [0.2, 0.25) is 5.91 Å². The normalized spacial score (nSPS) is 14.0. The molecule has 1 N–H and O–H groups in total. The average Bonchev–Trinajstić information content (AvgIpc) is 3.35. The van der Waals surface area contributed by atoms with Gasteiger partial charge in [0.15, 0.2) is 5.78 Å². The number of aromatic nitrogens is 2. The molecule has 0 saturated heterocycles. The zero-order valence-electron chi connectivity index (χ0n) is 19.5. The van der Waals surface area contributed by atoms with Crippen LogP contribution in [-0.2, 0) is 39.0 Å². The number of hydrogen-bond acceptors (Lipinski definition) is 5. The molecule has 8 nitrogen and oxygen atoms in total. The molecule has 1 aliphatic rings. The molecular formula is C25H28N4O4S. The van der Waals surface area contributed by atoms with Crippen LogP contribution >= 0.6 is 0 Å². The zero-order valence-corrected chi connectivity index (χ0v) is 20.3. The molecule has 2 heterocycles. The fourth-order valence-corrected chi connectivity index (χ4v) is 6.28. The maximum Gasteiger partial charge on any atom is 0.268 e. The number of nitrogens with zero attached hydrogens (tertiary/aromatic N) is 3. The quantitative estimate of drug-likeness (QED) is 0.534. The number of Topliss-reactive ketones (excluding diaryl/α,β-unsaturated/α-hetero) is 1. The summed E-state index contributed by atoms with van der Waals surface area (Å²) in [4.78, 5) is 25.0. The molecule has 0 spiro atoms. The molecule has 1 amide bonds. The van der Waals surface area contributed by atoms with E-state index in [2.05, 4.69) is 10.4 Å². The standard InChI is InChI=1S/C25H28N4O4S/c1-17-25(34(32,33)29-14-13-21-11-7-8-12-23(21)29)18(2)28(27-17)16-24(31)26-22(19(3)30)15-20-9-5-4-6-10-20/h4-12,22H,13-16H2,1-3H3,(H,26,31)/t22-/m1/s1. The SMILES string of the molecule is CC(=O)[C@@H](Cc1ccccc1)NC(=O)Cn1nc(C)c(S(=O)(=O)N2CCc3ccccc32)c1C. The van der Waals surface area contributed by atoms with E-state index in [4.69, 9.17) is 0 Å². The molecule has 178 valence electrons. The van der Waals surface area contributed by atoms with Gasteiger partial charge in [-0.3, -0.25) is 18.6 Å². The van der Waals surface area contributed by atoms with Gasteiger partial charge in [-0.2, -0.15) is 5.10 Å². The Hall–Kier alpha value is -3.46. The topological polar surface area (TPSA) is 101 Å². The van der Waals surface area contributed by atoms with E-state index in [0.29, 0.717) is 36.5 Å². The Morgan fingerprint density at radius 2 is 1.74 bits per heavy atom. The van der Waals surface area contributed by atoms with Crippen LogP contribution in [0.3, 0.4) is 0 Å². The van der Waals surface area contributed by atoms with Gasteiger partial charge in [0, 0.05) is 6.54 Å². The highest BCUT2D eigenvalue weighted by atomic mass is 32.2. The molecule has 9 heteroatoms. The average molecular weight is 481 g/mol. The number of sulfonamides is 1. The fraction of sp³-hybridized carbons (Fsp3) is 0.320. The van der Waals surface area contributed by atoms with Gasteiger partial charge in [-0.25, -0.2) is 8.42 Å². The maximum absolute atomic E-state index is 13.5. The minimum atomic E-state index is -3.84. The van der Waals surface area contributed by atoms with Gasteiger partial charge >= 0.3 is 0 Å². The summed E-state index contributed by atoms with van der Waals surface area (Å²) in [7, 11) is -3.84. The number of rotatable bonds is 8. The van der Waals surface area contributed by atoms with E-state index >= 15 is 0 Å². The van der Waals surface area contributed by atoms with Crippen molar-refractivity contribution in [2.24, 2.45) is 0 Å². The number of benzene rings is 2. The fourth-order valence-electron chi connectivity index (χ4n) is 4.40. The van der Waals surface area contributed by atoms with Crippen LogP contribution in [0.4, 0.5) is 5.69 Å². The first-order valence-corrected chi connectivity index (χ1v) is 12.6. The predicted octanol–water partition coefficient (Wildman–Crippen LogP) is 2.57. The molecule has 0 saturated carbocycles. The van der Waals surface area contributed by atoms with Crippen molar-refractivity contribution in [3.63, 3.8) is 0 Å². The van der Waals surface area contributed by atoms with E-state index in [-0.39, 0.29) is 17.2 Å². The molecule has 0 unspecified atom stereocenters. The van der Waals surface area contributed by atoms with Crippen molar-refractivity contribution in [1.82, 2.24) is 15.1 Å². The summed E-state index contributed by atoms with van der Waals surface area (Å²) in [5.41, 5.74) is 3.33. The predicted molar refractivity (Wildman–Crippen MR) is 129 cm³/mol. The van der Waals surface area contributed by atoms with Gasteiger partial charge in [-0.1, -0.05) is 48.5 Å². The second-order valence-electron chi connectivity index (χ2n) is 8.53. The minimum absolute atomic E-state index is 0.115. The number of ketones is 1. The summed E-state index contributed by atoms with van der Waals surface area (Å²) >= 11 is 0. The lowest BCUT2D eigenvalue weighted by Crippen LogP contribution is -2.43. The Labute approximate surface area is 199 Å². The Kier molecular flexibility index (Phi) is 6.56. The lowest BCUT2D eigenvalue weighted by molar-refractivity contribution is -0.127. The van der Waals surface area contributed by atoms with Crippen LogP contribution in [0.1, 0.15) is 29.4 Å². The second kappa shape index (κ2) is 9.42. The van der Waals surface area contributed by atoms with E-state index in [9.17, 15) is 18.0 Å². The summed E-state index contributed by atoms with van der Waals surface area (Å²) in [5.74, 6) is -0.557. The first-order valence-electron chi connectivity index (χ1n) is 11.2. The minimum Gasteiger partial charge on any atom is -0.344 e. The van der Waals surface area contributed by atoms with Crippen molar-refractivity contribution >= 4 is 27.4 Å². The lowest BCUT2D eigenvalue weighted by Gasteiger charge is -2.20. The Bertz CT molecular complexity index is 1330. The number of anilines is 1. The number of carbonyl (C=O) groups excluding carboxylic acids is 2. The molecule has 3 aromatic rings.